The van der Waals surface area contributed by atoms with E-state index in [1.54, 1.807) is 4.90 Å². The predicted molar refractivity (Wildman–Crippen MR) is 74.6 cm³/mol. The maximum Gasteiger partial charge on any atom is 0.304 e. The molecular weight excluding hydrogens is 262 g/mol. The van der Waals surface area contributed by atoms with Gasteiger partial charge in [0.15, 0.2) is 0 Å². The Hall–Kier alpha value is -1.18. The molecule has 0 unspecified atom stereocenters. The monoisotopic (exact) mass is 287 g/mol. The van der Waals surface area contributed by atoms with Crippen molar-refractivity contribution in [1.29, 1.82) is 0 Å². The Balaban J connectivity index is 2.43. The molecule has 1 saturated heterocycles. The number of ether oxygens (including phenoxy) is 1. The van der Waals surface area contributed by atoms with E-state index in [0.29, 0.717) is 39.4 Å². The van der Waals surface area contributed by atoms with Crippen LogP contribution in [0.15, 0.2) is 0 Å². The predicted octanol–water partition coefficient (Wildman–Crippen LogP) is -0.816. The average molecular weight is 287 g/mol. The van der Waals surface area contributed by atoms with E-state index in [4.69, 9.17) is 9.84 Å². The minimum Gasteiger partial charge on any atom is -0.481 e. The van der Waals surface area contributed by atoms with Crippen LogP contribution in [0.3, 0.4) is 0 Å². The molecule has 7 nitrogen and oxygen atoms in total. The number of carbonyl (C=O) groups excluding carboxylic acids is 1. The van der Waals surface area contributed by atoms with Gasteiger partial charge in [0.2, 0.25) is 5.91 Å². The minimum absolute atomic E-state index is 0.0532. The van der Waals surface area contributed by atoms with E-state index in [2.05, 4.69) is 0 Å². The first-order valence-electron chi connectivity index (χ1n) is 6.93. The quantitative estimate of drug-likeness (QED) is 0.629. The van der Waals surface area contributed by atoms with Gasteiger partial charge in [-0.2, -0.15) is 0 Å². The number of rotatable bonds is 8. The van der Waals surface area contributed by atoms with Gasteiger partial charge in [-0.25, -0.2) is 0 Å². The fourth-order valence-electron chi connectivity index (χ4n) is 1.97. The van der Waals surface area contributed by atoms with Crippen molar-refractivity contribution >= 4 is 11.9 Å². The van der Waals surface area contributed by atoms with Gasteiger partial charge < -0.3 is 19.6 Å². The Morgan fingerprint density at radius 3 is 2.35 bits per heavy atom. The van der Waals surface area contributed by atoms with Crippen LogP contribution < -0.4 is 0 Å². The third-order valence-electron chi connectivity index (χ3n) is 3.23. The summed E-state index contributed by atoms with van der Waals surface area (Å²) in [6, 6.07) is 0. The first kappa shape index (κ1) is 16.9. The van der Waals surface area contributed by atoms with Crippen LogP contribution in [-0.4, -0.2) is 98.3 Å². The zero-order valence-corrected chi connectivity index (χ0v) is 12.4. The standard InChI is InChI=1S/C13H25N3O4/c1-14(2)5-6-15(4-3-13(18)19)11-12(17)16-7-9-20-10-8-16/h3-11H2,1-2H3,(H,18,19). The molecule has 1 rings (SSSR count). The van der Waals surface area contributed by atoms with Gasteiger partial charge in [-0.1, -0.05) is 0 Å². The van der Waals surface area contributed by atoms with Gasteiger partial charge in [-0.15, -0.1) is 0 Å². The molecule has 1 fully saturated rings. The molecule has 0 aliphatic carbocycles. The zero-order valence-electron chi connectivity index (χ0n) is 12.4. The van der Waals surface area contributed by atoms with Gasteiger partial charge in [0.25, 0.3) is 0 Å². The summed E-state index contributed by atoms with van der Waals surface area (Å²) in [6.45, 7) is 4.59. The molecule has 7 heteroatoms. The van der Waals surface area contributed by atoms with Gasteiger partial charge >= 0.3 is 5.97 Å². The molecule has 0 aromatic heterocycles. The van der Waals surface area contributed by atoms with Gasteiger partial charge in [0, 0.05) is 32.7 Å². The Kier molecular flexibility index (Phi) is 7.50. The highest BCUT2D eigenvalue weighted by molar-refractivity contribution is 5.78. The van der Waals surface area contributed by atoms with Crippen LogP contribution >= 0.6 is 0 Å². The molecule has 1 N–H and O–H groups in total. The van der Waals surface area contributed by atoms with Gasteiger partial charge in [-0.3, -0.25) is 14.5 Å². The second-order valence-corrected chi connectivity index (χ2v) is 5.22. The first-order chi connectivity index (χ1) is 9.49. The van der Waals surface area contributed by atoms with Crippen LogP contribution in [0.5, 0.6) is 0 Å². The average Bonchev–Trinajstić information content (AvgIpc) is 2.42. The van der Waals surface area contributed by atoms with Crippen molar-refractivity contribution in [1.82, 2.24) is 14.7 Å². The molecular formula is C13H25N3O4. The Bertz CT molecular complexity index is 317. The van der Waals surface area contributed by atoms with Crippen LogP contribution in [0.2, 0.25) is 0 Å². The summed E-state index contributed by atoms with van der Waals surface area (Å²) in [6.07, 6.45) is 0.0593. The highest BCUT2D eigenvalue weighted by Gasteiger charge is 2.20. The SMILES string of the molecule is CN(C)CCN(CCC(=O)O)CC(=O)N1CCOCC1. The van der Waals surface area contributed by atoms with Gasteiger partial charge in [0.1, 0.15) is 0 Å². The van der Waals surface area contributed by atoms with Crippen LogP contribution in [-0.2, 0) is 14.3 Å². The molecule has 1 aliphatic rings. The van der Waals surface area contributed by atoms with Crippen molar-refractivity contribution in [2.75, 3.05) is 66.6 Å². The number of carbonyl (C=O) groups is 2. The molecule has 1 amide bonds. The van der Waals surface area contributed by atoms with Crippen LogP contribution in [0, 0.1) is 0 Å². The second-order valence-electron chi connectivity index (χ2n) is 5.22. The highest BCUT2D eigenvalue weighted by Crippen LogP contribution is 2.01. The van der Waals surface area contributed by atoms with E-state index in [9.17, 15) is 9.59 Å². The minimum atomic E-state index is -0.835. The van der Waals surface area contributed by atoms with Crippen molar-refractivity contribution in [2.24, 2.45) is 0 Å². The number of morpholine rings is 1. The number of carboxylic acids is 1. The lowest BCUT2D eigenvalue weighted by Gasteiger charge is -2.30. The normalized spacial score (nSPS) is 15.9. The third kappa shape index (κ3) is 6.83. The third-order valence-corrected chi connectivity index (χ3v) is 3.23. The first-order valence-corrected chi connectivity index (χ1v) is 6.93. The van der Waals surface area contributed by atoms with Crippen molar-refractivity contribution in [3.8, 4) is 0 Å². The summed E-state index contributed by atoms with van der Waals surface area (Å²) in [4.78, 5) is 28.6. The van der Waals surface area contributed by atoms with E-state index >= 15 is 0 Å². The van der Waals surface area contributed by atoms with Crippen molar-refractivity contribution in [3.63, 3.8) is 0 Å². The summed E-state index contributed by atoms with van der Waals surface area (Å²) in [7, 11) is 3.92. The lowest BCUT2D eigenvalue weighted by atomic mass is 10.3. The van der Waals surface area contributed by atoms with E-state index < -0.39 is 5.97 Å². The van der Waals surface area contributed by atoms with Crippen LogP contribution in [0.4, 0.5) is 0 Å². The lowest BCUT2D eigenvalue weighted by molar-refractivity contribution is -0.139. The van der Waals surface area contributed by atoms with Gasteiger partial charge in [-0.05, 0) is 14.1 Å². The molecule has 0 atom stereocenters. The van der Waals surface area contributed by atoms with E-state index in [-0.39, 0.29) is 18.9 Å². The van der Waals surface area contributed by atoms with Crippen molar-refractivity contribution in [3.05, 3.63) is 0 Å². The topological polar surface area (TPSA) is 73.3 Å². The Morgan fingerprint density at radius 1 is 1.15 bits per heavy atom. The number of aliphatic carboxylic acids is 1. The molecule has 1 aliphatic heterocycles. The van der Waals surface area contributed by atoms with Crippen LogP contribution in [0.25, 0.3) is 0 Å². The molecule has 0 aromatic rings. The molecule has 116 valence electrons. The highest BCUT2D eigenvalue weighted by atomic mass is 16.5. The summed E-state index contributed by atoms with van der Waals surface area (Å²) < 4.78 is 5.22. The summed E-state index contributed by atoms with van der Waals surface area (Å²) >= 11 is 0. The van der Waals surface area contributed by atoms with Crippen molar-refractivity contribution < 1.29 is 19.4 Å². The molecule has 0 saturated carbocycles. The summed E-state index contributed by atoms with van der Waals surface area (Å²) in [5.41, 5.74) is 0. The number of amides is 1. The fourth-order valence-corrected chi connectivity index (χ4v) is 1.97. The molecule has 0 bridgehead atoms. The maximum absolute atomic E-state index is 12.2. The van der Waals surface area contributed by atoms with E-state index in [0.717, 1.165) is 6.54 Å². The summed E-state index contributed by atoms with van der Waals surface area (Å²) in [5, 5.41) is 8.77. The number of hydrogen-bond donors (Lipinski definition) is 1. The molecule has 1 heterocycles. The Labute approximate surface area is 120 Å². The number of carboxylic acid groups (broad SMARTS) is 1. The Morgan fingerprint density at radius 2 is 1.80 bits per heavy atom. The smallest absolute Gasteiger partial charge is 0.304 e. The van der Waals surface area contributed by atoms with E-state index in [1.165, 1.54) is 0 Å². The van der Waals surface area contributed by atoms with Crippen molar-refractivity contribution in [2.45, 2.75) is 6.42 Å². The number of hydrogen-bond acceptors (Lipinski definition) is 5. The number of likely N-dealkylation sites (N-methyl/N-ethyl adjacent to an activating group) is 1. The largest absolute Gasteiger partial charge is 0.481 e. The van der Waals surface area contributed by atoms with E-state index in [1.807, 2.05) is 23.9 Å². The molecule has 20 heavy (non-hydrogen) atoms. The number of nitrogens with zero attached hydrogens (tertiary/aromatic N) is 3. The maximum atomic E-state index is 12.2. The van der Waals surface area contributed by atoms with Crippen LogP contribution in [0.1, 0.15) is 6.42 Å². The molecule has 0 radical (unpaired) electrons. The molecule has 0 spiro atoms. The molecule has 0 aromatic carbocycles. The lowest BCUT2D eigenvalue weighted by Crippen LogP contribution is -2.47. The zero-order chi connectivity index (χ0) is 15.0. The summed E-state index contributed by atoms with van der Waals surface area (Å²) in [5.74, 6) is -0.781. The van der Waals surface area contributed by atoms with Gasteiger partial charge in [0.05, 0.1) is 26.2 Å². The second kappa shape index (κ2) is 8.89. The fraction of sp³-hybridized carbons (Fsp3) is 0.846.